The number of hydrogen-bond acceptors (Lipinski definition) is 4. The molecule has 8 rings (SSSR count). The van der Waals surface area contributed by atoms with Crippen LogP contribution in [0.25, 0.3) is 77.4 Å². The Morgan fingerprint density at radius 3 is 1.32 bits per heavy atom. The number of aryl methyl sites for hydroxylation is 5. The predicted molar refractivity (Wildman–Crippen MR) is 180 cm³/mol. The topological polar surface area (TPSA) is 0 Å². The molecule has 0 bridgehead atoms. The van der Waals surface area contributed by atoms with E-state index in [0.717, 1.165) is 32.1 Å². The Kier molecular flexibility index (Phi) is 5.06. The van der Waals surface area contributed by atoms with E-state index in [2.05, 4.69) is 80.7 Å². The Balaban J connectivity index is 1.88. The zero-order valence-corrected chi connectivity index (χ0v) is 25.9. The summed E-state index contributed by atoms with van der Waals surface area (Å²) in [6.07, 6.45) is 7.55. The molecule has 4 aromatic carbocycles. The van der Waals surface area contributed by atoms with Crippen molar-refractivity contribution in [1.82, 2.24) is 0 Å². The van der Waals surface area contributed by atoms with Crippen LogP contribution in [0.2, 0.25) is 0 Å². The van der Waals surface area contributed by atoms with Crippen molar-refractivity contribution >= 4 is 123 Å². The number of fused-ring (bicyclic) bond motifs is 1. The van der Waals surface area contributed by atoms with Crippen LogP contribution in [0.4, 0.5) is 0 Å². The summed E-state index contributed by atoms with van der Waals surface area (Å²) in [6, 6.07) is 0. The van der Waals surface area contributed by atoms with E-state index in [9.17, 15) is 0 Å². The molecule has 0 aliphatic rings. The first-order valence-electron chi connectivity index (χ1n) is 14.0. The van der Waals surface area contributed by atoms with Crippen molar-refractivity contribution in [3.8, 4) is 0 Å². The summed E-state index contributed by atoms with van der Waals surface area (Å²) in [4.78, 5) is 0. The number of benzene rings is 3. The van der Waals surface area contributed by atoms with E-state index >= 15 is 0 Å². The van der Waals surface area contributed by atoms with Gasteiger partial charge in [-0.2, -0.15) is 0 Å². The molecule has 0 saturated carbocycles. The Morgan fingerprint density at radius 2 is 0.868 bits per heavy atom. The number of thiophene rings is 4. The fourth-order valence-corrected chi connectivity index (χ4v) is 13.1. The summed E-state index contributed by atoms with van der Waals surface area (Å²) in [6.45, 7) is 16.1. The normalized spacial score (nSPS) is 13.0. The molecule has 0 aliphatic heterocycles. The molecule has 0 N–H and O–H groups in total. The van der Waals surface area contributed by atoms with E-state index < -0.39 is 0 Å². The molecular weight excluding hydrogens is 537 g/mol. The second-order valence-electron chi connectivity index (χ2n) is 10.5. The molecule has 0 radical (unpaired) electrons. The standard InChI is InChI=1S/C34H30S4/c1-7-15-17(9-3)31-25-23-21(13-35-29(15)23)22-14-36-30-16(8-2)18(10-4)32-26(24(22)30)28-27(25)33(37-31)19(11-5)20(12-6)34(28)38-32/h9,13-14H,3,7-8,10-12H2,1-2,4-6H3. The molecule has 4 heterocycles. The van der Waals surface area contributed by atoms with E-state index in [1.807, 2.05) is 22.7 Å². The van der Waals surface area contributed by atoms with Crippen LogP contribution >= 0.6 is 45.3 Å². The molecule has 8 aromatic rings. The number of rotatable bonds is 6. The molecule has 0 nitrogen and oxygen atoms in total. The van der Waals surface area contributed by atoms with Crippen LogP contribution in [0, 0.1) is 0 Å². The summed E-state index contributed by atoms with van der Waals surface area (Å²) >= 11 is 8.11. The lowest BCUT2D eigenvalue weighted by Gasteiger charge is -2.14. The molecular formula is C34H30S4. The van der Waals surface area contributed by atoms with Crippen LogP contribution in [0.1, 0.15) is 68.0 Å². The lowest BCUT2D eigenvalue weighted by atomic mass is 9.88. The van der Waals surface area contributed by atoms with Gasteiger partial charge < -0.3 is 0 Å². The SMILES string of the molecule is C=Cc1c(CC)c2scc3c4csc5c(CC)c(CC)c6sc7c(CC)c(CC)c8sc1c(c23)c8c7c6c54. The van der Waals surface area contributed by atoms with Crippen molar-refractivity contribution in [2.75, 3.05) is 0 Å². The third kappa shape index (κ3) is 2.53. The van der Waals surface area contributed by atoms with Gasteiger partial charge in [-0.05, 0) is 76.2 Å². The second-order valence-corrected chi connectivity index (χ2v) is 14.3. The van der Waals surface area contributed by atoms with Gasteiger partial charge in [0.15, 0.2) is 0 Å². The van der Waals surface area contributed by atoms with Crippen molar-refractivity contribution in [1.29, 1.82) is 0 Å². The van der Waals surface area contributed by atoms with Crippen LogP contribution in [-0.2, 0) is 32.1 Å². The second kappa shape index (κ2) is 8.14. The van der Waals surface area contributed by atoms with Gasteiger partial charge >= 0.3 is 0 Å². The average molecular weight is 567 g/mol. The highest BCUT2D eigenvalue weighted by atomic mass is 32.1. The van der Waals surface area contributed by atoms with Gasteiger partial charge in [0.05, 0.1) is 0 Å². The zero-order valence-electron chi connectivity index (χ0n) is 22.6. The molecule has 190 valence electrons. The van der Waals surface area contributed by atoms with Gasteiger partial charge in [0.2, 0.25) is 0 Å². The largest absolute Gasteiger partial charge is 0.143 e. The first kappa shape index (κ1) is 23.6. The minimum atomic E-state index is 1.04. The van der Waals surface area contributed by atoms with Gasteiger partial charge in [0, 0.05) is 71.3 Å². The highest BCUT2D eigenvalue weighted by molar-refractivity contribution is 7.29. The monoisotopic (exact) mass is 566 g/mol. The van der Waals surface area contributed by atoms with Gasteiger partial charge in [-0.15, -0.1) is 45.3 Å². The third-order valence-corrected chi connectivity index (χ3v) is 13.8. The lowest BCUT2D eigenvalue weighted by Crippen LogP contribution is -1.94. The molecule has 0 unspecified atom stereocenters. The lowest BCUT2D eigenvalue weighted by molar-refractivity contribution is 1.07. The van der Waals surface area contributed by atoms with Crippen molar-refractivity contribution < 1.29 is 0 Å². The minimum Gasteiger partial charge on any atom is -0.143 e. The Morgan fingerprint density at radius 1 is 0.500 bits per heavy atom. The molecule has 0 spiro atoms. The van der Waals surface area contributed by atoms with Crippen molar-refractivity contribution in [3.05, 3.63) is 50.7 Å². The fraction of sp³-hybridized carbons (Fsp3) is 0.294. The summed E-state index contributed by atoms with van der Waals surface area (Å²) < 4.78 is 9.11. The van der Waals surface area contributed by atoms with Gasteiger partial charge in [-0.25, -0.2) is 0 Å². The molecule has 0 atom stereocenters. The van der Waals surface area contributed by atoms with E-state index in [4.69, 9.17) is 0 Å². The fourth-order valence-electron chi connectivity index (χ4n) is 7.57. The molecule has 4 aromatic heterocycles. The quantitative estimate of drug-likeness (QED) is 0.188. The summed E-state index contributed by atoms with van der Waals surface area (Å²) in [5, 5.41) is 17.1. The van der Waals surface area contributed by atoms with E-state index in [1.54, 1.807) is 47.8 Å². The van der Waals surface area contributed by atoms with Crippen LogP contribution in [0.3, 0.4) is 0 Å². The molecule has 0 aliphatic carbocycles. The number of hydrogen-bond donors (Lipinski definition) is 0. The van der Waals surface area contributed by atoms with E-state index in [-0.39, 0.29) is 0 Å². The van der Waals surface area contributed by atoms with Gasteiger partial charge in [-0.3, -0.25) is 0 Å². The third-order valence-electron chi connectivity index (χ3n) is 9.08. The summed E-state index contributed by atoms with van der Waals surface area (Å²) in [5.41, 5.74) is 9.20. The molecule has 38 heavy (non-hydrogen) atoms. The van der Waals surface area contributed by atoms with Crippen LogP contribution in [-0.4, -0.2) is 0 Å². The molecule has 0 amide bonds. The maximum atomic E-state index is 4.34. The van der Waals surface area contributed by atoms with Crippen molar-refractivity contribution in [3.63, 3.8) is 0 Å². The smallest absolute Gasteiger partial charge is 0.0437 e. The summed E-state index contributed by atoms with van der Waals surface area (Å²) in [5.74, 6) is 0. The highest BCUT2D eigenvalue weighted by Gasteiger charge is 2.29. The van der Waals surface area contributed by atoms with Crippen molar-refractivity contribution in [2.24, 2.45) is 0 Å². The van der Waals surface area contributed by atoms with Gasteiger partial charge in [0.1, 0.15) is 0 Å². The molecule has 0 saturated heterocycles. The van der Waals surface area contributed by atoms with E-state index in [1.165, 1.54) is 56.9 Å². The Hall–Kier alpha value is -2.24. The zero-order chi connectivity index (χ0) is 26.0. The molecule has 4 heteroatoms. The summed E-state index contributed by atoms with van der Waals surface area (Å²) in [7, 11) is 0. The maximum absolute atomic E-state index is 4.34. The van der Waals surface area contributed by atoms with Crippen LogP contribution < -0.4 is 0 Å². The first-order chi connectivity index (χ1) is 18.6. The van der Waals surface area contributed by atoms with Crippen molar-refractivity contribution in [2.45, 2.75) is 66.7 Å². The van der Waals surface area contributed by atoms with Crippen LogP contribution in [0.5, 0.6) is 0 Å². The predicted octanol–water partition coefficient (Wildman–Crippen LogP) is 12.3. The Labute approximate surface area is 238 Å². The molecule has 0 fully saturated rings. The van der Waals surface area contributed by atoms with Gasteiger partial charge in [0.25, 0.3) is 0 Å². The average Bonchev–Trinajstić information content (AvgIpc) is 3.70. The Bertz CT molecular complexity index is 2220. The van der Waals surface area contributed by atoms with Gasteiger partial charge in [-0.1, -0.05) is 47.3 Å². The van der Waals surface area contributed by atoms with Crippen LogP contribution in [0.15, 0.2) is 17.3 Å². The maximum Gasteiger partial charge on any atom is 0.0437 e. The minimum absolute atomic E-state index is 1.04. The van der Waals surface area contributed by atoms with E-state index in [0.29, 0.717) is 0 Å². The highest BCUT2D eigenvalue weighted by Crippen LogP contribution is 2.57. The first-order valence-corrected chi connectivity index (χ1v) is 17.4.